The van der Waals surface area contributed by atoms with Gasteiger partial charge in [-0.05, 0) is 18.7 Å². The highest BCUT2D eigenvalue weighted by Crippen LogP contribution is 2.50. The summed E-state index contributed by atoms with van der Waals surface area (Å²) in [4.78, 5) is 41.8. The lowest BCUT2D eigenvalue weighted by atomic mass is 10.2. The molecule has 2 aliphatic rings. The van der Waals surface area contributed by atoms with Gasteiger partial charge < -0.3 is 44.4 Å². The molecule has 3 unspecified atom stereocenters. The summed E-state index contributed by atoms with van der Waals surface area (Å²) in [7, 11) is 0. The van der Waals surface area contributed by atoms with Crippen LogP contribution >= 0.6 is 6.72 Å². The molecule has 0 amide bonds. The van der Waals surface area contributed by atoms with E-state index in [2.05, 4.69) is 35.2 Å². The third-order valence-electron chi connectivity index (χ3n) is 6.54. The van der Waals surface area contributed by atoms with Crippen molar-refractivity contribution in [1.29, 1.82) is 0 Å². The third-order valence-corrected chi connectivity index (χ3v) is 8.12. The fraction of sp³-hybridized carbons (Fsp3) is 0.550. The number of alkyl halides is 1. The molecule has 2 aliphatic heterocycles. The lowest BCUT2D eigenvalue weighted by Crippen LogP contribution is -2.39. The Hall–Kier alpha value is -3.27. The van der Waals surface area contributed by atoms with E-state index in [9.17, 15) is 14.1 Å². The zero-order valence-electron chi connectivity index (χ0n) is 21.7. The van der Waals surface area contributed by atoms with Crippen molar-refractivity contribution >= 4 is 52.6 Å². The van der Waals surface area contributed by atoms with Gasteiger partial charge in [-0.3, -0.25) is 14.3 Å². The summed E-state index contributed by atoms with van der Waals surface area (Å²) >= 11 is 5.27. The lowest BCUT2D eigenvalue weighted by Gasteiger charge is -2.30. The minimum Gasteiger partial charge on any atom is -0.382 e. The monoisotopic (exact) mass is 629 g/mol. The second-order valence-corrected chi connectivity index (χ2v) is 12.0. The van der Waals surface area contributed by atoms with Crippen LogP contribution in [0.1, 0.15) is 25.8 Å². The molecule has 0 aromatic carbocycles. The molecule has 2 fully saturated rings. The Bertz CT molecular complexity index is 1710. The number of H-pyrrole nitrogens is 1. The molecular formula is C20H25FN11O8PS. The van der Waals surface area contributed by atoms with Gasteiger partial charge in [0.05, 0.1) is 12.9 Å². The van der Waals surface area contributed by atoms with E-state index in [4.69, 9.17) is 51.3 Å². The fourth-order valence-electron chi connectivity index (χ4n) is 4.58. The number of halogens is 1. The van der Waals surface area contributed by atoms with Crippen LogP contribution in [0.3, 0.4) is 0 Å². The first kappa shape index (κ1) is 28.8. The summed E-state index contributed by atoms with van der Waals surface area (Å²) in [5.41, 5.74) is 11.6. The molecule has 226 valence electrons. The van der Waals surface area contributed by atoms with Crippen molar-refractivity contribution in [2.75, 3.05) is 31.5 Å². The minimum atomic E-state index is -4.01. The van der Waals surface area contributed by atoms with Crippen LogP contribution < -0.4 is 17.0 Å². The summed E-state index contributed by atoms with van der Waals surface area (Å²) < 4.78 is 51.7. The number of anilines is 2. The molecule has 0 spiro atoms. The molecule has 0 saturated carbocycles. The molecule has 42 heavy (non-hydrogen) atoms. The van der Waals surface area contributed by atoms with Gasteiger partial charge in [0.15, 0.2) is 53.7 Å². The number of hydrogen-bond acceptors (Lipinski definition) is 16. The highest BCUT2D eigenvalue weighted by Gasteiger charge is 2.43. The number of nitrogens with one attached hydrogen (secondary N) is 1. The first-order chi connectivity index (χ1) is 20.1. The Morgan fingerprint density at radius 3 is 2.93 bits per heavy atom. The Morgan fingerprint density at radius 2 is 2.12 bits per heavy atom. The van der Waals surface area contributed by atoms with Gasteiger partial charge in [-0.1, -0.05) is 5.21 Å². The highest BCUT2D eigenvalue weighted by atomic mass is 32.5. The van der Waals surface area contributed by atoms with Gasteiger partial charge in [0.2, 0.25) is 5.95 Å². The number of nitrogen functional groups attached to an aromatic ring is 2. The molecule has 4 aromatic heterocycles. The lowest BCUT2D eigenvalue weighted by molar-refractivity contribution is -0.227. The maximum absolute atomic E-state index is 14.2. The van der Waals surface area contributed by atoms with Gasteiger partial charge in [0.25, 0.3) is 5.56 Å². The quantitative estimate of drug-likeness (QED) is 0.206. The predicted octanol–water partition coefficient (Wildman–Crippen LogP) is -0.371. The van der Waals surface area contributed by atoms with Crippen molar-refractivity contribution in [3.63, 3.8) is 0 Å². The van der Waals surface area contributed by atoms with Crippen LogP contribution in [0.4, 0.5) is 16.2 Å². The van der Waals surface area contributed by atoms with Gasteiger partial charge in [0.1, 0.15) is 31.3 Å². The number of fused-ring (bicyclic) bond motifs is 4. The van der Waals surface area contributed by atoms with Gasteiger partial charge in [0, 0.05) is 6.42 Å². The Kier molecular flexibility index (Phi) is 7.85. The van der Waals surface area contributed by atoms with Crippen LogP contribution in [-0.2, 0) is 39.8 Å². The van der Waals surface area contributed by atoms with Crippen molar-refractivity contribution in [2.45, 2.75) is 50.4 Å². The highest BCUT2D eigenvalue weighted by molar-refractivity contribution is 8.07. The molecule has 7 atom stereocenters. The molecule has 4 aromatic rings. The standard InChI is InChI=1S/C20H25FN11O8PS/c1-8(32-16-13(29-30-32)15(22)24-5-25-16)38-11-4-37-41(34,42)40-9-2-12(36-7-35-10(11)3-21)39-19(9)31-6-26-14-17(31)27-20(23)28-18(14)33/h5-6,8-12,19H,2-4,7H2,1H3,(H,34,42)(H2,22,24,25)(H3,23,27,28,33)/t8-,9+,10-,11?,12+,19?,41?/m1/s1. The van der Waals surface area contributed by atoms with E-state index < -0.39 is 69.4 Å². The molecular weight excluding hydrogens is 604 g/mol. The molecule has 0 aliphatic carbocycles. The van der Waals surface area contributed by atoms with E-state index in [1.807, 2.05) is 0 Å². The summed E-state index contributed by atoms with van der Waals surface area (Å²) in [5, 5.41) is 7.97. The average Bonchev–Trinajstić information content (AvgIpc) is 3.66. The van der Waals surface area contributed by atoms with Crippen LogP contribution in [0, 0.1) is 0 Å². The van der Waals surface area contributed by atoms with E-state index in [0.29, 0.717) is 0 Å². The Balaban J connectivity index is 1.24. The maximum Gasteiger partial charge on any atom is 0.325 e. The van der Waals surface area contributed by atoms with E-state index in [1.54, 1.807) is 6.92 Å². The van der Waals surface area contributed by atoms with Gasteiger partial charge in [-0.25, -0.2) is 19.3 Å². The molecule has 6 rings (SSSR count). The summed E-state index contributed by atoms with van der Waals surface area (Å²) in [6.07, 6.45) is -3.50. The smallest absolute Gasteiger partial charge is 0.325 e. The molecule has 0 radical (unpaired) electrons. The van der Waals surface area contributed by atoms with E-state index in [-0.39, 0.29) is 40.5 Å². The van der Waals surface area contributed by atoms with Crippen LogP contribution in [0.2, 0.25) is 0 Å². The number of hydrogen-bond donors (Lipinski definition) is 4. The van der Waals surface area contributed by atoms with Crippen molar-refractivity contribution in [3.05, 3.63) is 23.0 Å². The zero-order valence-corrected chi connectivity index (χ0v) is 23.4. The Labute approximate surface area is 239 Å². The summed E-state index contributed by atoms with van der Waals surface area (Å²) in [6.45, 7) is -4.23. The molecule has 6 N–H and O–H groups in total. The molecule has 2 bridgehead atoms. The number of imidazole rings is 1. The first-order valence-corrected chi connectivity index (χ1v) is 15.0. The van der Waals surface area contributed by atoms with Crippen LogP contribution in [0.15, 0.2) is 17.4 Å². The molecule has 6 heterocycles. The largest absolute Gasteiger partial charge is 0.382 e. The van der Waals surface area contributed by atoms with Crippen LogP contribution in [0.5, 0.6) is 0 Å². The summed E-state index contributed by atoms with van der Waals surface area (Å²) in [6, 6.07) is 0. The summed E-state index contributed by atoms with van der Waals surface area (Å²) in [5.74, 6) is -0.0160. The maximum atomic E-state index is 14.2. The number of nitrogens with two attached hydrogens (primary N) is 2. The van der Waals surface area contributed by atoms with Crippen molar-refractivity contribution < 1.29 is 37.3 Å². The third kappa shape index (κ3) is 5.57. The number of aromatic nitrogens is 9. The number of aromatic amines is 1. The van der Waals surface area contributed by atoms with E-state index >= 15 is 0 Å². The van der Waals surface area contributed by atoms with Crippen LogP contribution in [0.25, 0.3) is 22.3 Å². The average molecular weight is 630 g/mol. The van der Waals surface area contributed by atoms with E-state index in [1.165, 1.54) is 21.9 Å². The molecule has 19 nitrogen and oxygen atoms in total. The topological polar surface area (TPSA) is 248 Å². The zero-order chi connectivity index (χ0) is 29.6. The number of ether oxygens (including phenoxy) is 4. The van der Waals surface area contributed by atoms with Gasteiger partial charge in [-0.15, -0.1) is 5.10 Å². The van der Waals surface area contributed by atoms with Crippen molar-refractivity contribution in [2.24, 2.45) is 0 Å². The normalized spacial score (nSPS) is 29.8. The van der Waals surface area contributed by atoms with Crippen molar-refractivity contribution in [3.8, 4) is 0 Å². The van der Waals surface area contributed by atoms with E-state index in [0.717, 1.165) is 0 Å². The van der Waals surface area contributed by atoms with Gasteiger partial charge in [-0.2, -0.15) is 9.67 Å². The van der Waals surface area contributed by atoms with Crippen molar-refractivity contribution in [1.82, 2.24) is 44.5 Å². The molecule has 22 heteroatoms. The fourth-order valence-corrected chi connectivity index (χ4v) is 6.02. The Morgan fingerprint density at radius 1 is 1.29 bits per heavy atom. The second kappa shape index (κ2) is 11.4. The minimum absolute atomic E-state index is 0.00561. The first-order valence-electron chi connectivity index (χ1n) is 12.4. The number of rotatable bonds is 5. The SMILES string of the molecule is C[C@@H](OC1COP(O)(=S)O[C@H]2C[C@@H](OCO[C@@H]1CF)OC2n1cnc2c(=O)[nH]c(N)nc21)n1nnc2c(N)ncnc21. The second-order valence-electron chi connectivity index (χ2n) is 9.26. The van der Waals surface area contributed by atoms with Gasteiger partial charge >= 0.3 is 6.72 Å². The predicted molar refractivity (Wildman–Crippen MR) is 142 cm³/mol. The molecule has 2 saturated heterocycles. The number of nitrogens with zero attached hydrogens (tertiary/aromatic N) is 8. The van der Waals surface area contributed by atoms with Crippen LogP contribution in [-0.4, -0.2) is 94.1 Å².